The van der Waals surface area contributed by atoms with E-state index in [0.29, 0.717) is 0 Å². The second-order valence-electron chi connectivity index (χ2n) is 7.38. The molecule has 0 aliphatic carbocycles. The molecule has 1 saturated heterocycles. The molecule has 3 aromatic rings. The fraction of sp³-hybridized carbons (Fsp3) is 0.364. The summed E-state index contributed by atoms with van der Waals surface area (Å²) in [5, 5.41) is 3.06. The Morgan fingerprint density at radius 1 is 1.11 bits per heavy atom. The highest BCUT2D eigenvalue weighted by Gasteiger charge is 2.41. The quantitative estimate of drug-likeness (QED) is 0.776. The molecule has 0 saturated carbocycles. The van der Waals surface area contributed by atoms with Crippen molar-refractivity contribution in [3.63, 3.8) is 0 Å². The number of imidazole rings is 1. The van der Waals surface area contributed by atoms with Crippen LogP contribution in [-0.4, -0.2) is 46.4 Å². The highest BCUT2D eigenvalue weighted by atomic mass is 16.2. The van der Waals surface area contributed by atoms with Crippen LogP contribution >= 0.6 is 0 Å². The number of benzene rings is 1. The minimum absolute atomic E-state index is 0.149. The largest absolute Gasteiger partial charge is 0.341 e. The number of carbonyl (C=O) groups excluding carboxylic acids is 1. The second-order valence-corrected chi connectivity index (χ2v) is 7.38. The van der Waals surface area contributed by atoms with Crippen molar-refractivity contribution >= 4 is 11.6 Å². The molecular formula is C22H26N4O. The van der Waals surface area contributed by atoms with Crippen molar-refractivity contribution in [2.45, 2.75) is 31.2 Å². The van der Waals surface area contributed by atoms with E-state index >= 15 is 0 Å². The van der Waals surface area contributed by atoms with E-state index in [2.05, 4.69) is 40.2 Å². The number of rotatable bonds is 4. The first-order valence-electron chi connectivity index (χ1n) is 9.60. The molecule has 3 heterocycles. The average Bonchev–Trinajstić information content (AvgIpc) is 3.18. The van der Waals surface area contributed by atoms with Gasteiger partial charge < -0.3 is 14.6 Å². The van der Waals surface area contributed by atoms with E-state index in [0.717, 1.165) is 37.3 Å². The van der Waals surface area contributed by atoms with Crippen LogP contribution in [0.5, 0.6) is 0 Å². The third kappa shape index (κ3) is 3.12. The molecule has 0 bridgehead atoms. The van der Waals surface area contributed by atoms with E-state index in [9.17, 15) is 4.79 Å². The van der Waals surface area contributed by atoms with Crippen molar-refractivity contribution in [3.05, 3.63) is 72.2 Å². The number of pyridine rings is 1. The zero-order chi connectivity index (χ0) is 18.9. The Morgan fingerprint density at radius 3 is 2.48 bits per heavy atom. The Hall–Kier alpha value is -2.66. The van der Waals surface area contributed by atoms with Gasteiger partial charge in [-0.2, -0.15) is 0 Å². The maximum atomic E-state index is 12.6. The molecule has 0 unspecified atom stereocenters. The van der Waals surface area contributed by atoms with Gasteiger partial charge >= 0.3 is 0 Å². The minimum atomic E-state index is -0.160. The van der Waals surface area contributed by atoms with Gasteiger partial charge in [-0.3, -0.25) is 4.79 Å². The number of likely N-dealkylation sites (tertiary alicyclic amines) is 1. The van der Waals surface area contributed by atoms with Crippen LogP contribution in [0.1, 0.15) is 31.0 Å². The lowest BCUT2D eigenvalue weighted by molar-refractivity contribution is -0.134. The summed E-state index contributed by atoms with van der Waals surface area (Å²) in [4.78, 5) is 19.5. The van der Waals surface area contributed by atoms with Crippen molar-refractivity contribution in [1.82, 2.24) is 19.6 Å². The molecule has 1 aromatic carbocycles. The third-order valence-corrected chi connectivity index (χ3v) is 5.91. The molecule has 5 nitrogen and oxygen atoms in total. The Kier molecular flexibility index (Phi) is 4.70. The molecule has 1 amide bonds. The van der Waals surface area contributed by atoms with Crippen molar-refractivity contribution in [1.29, 1.82) is 0 Å². The first kappa shape index (κ1) is 17.7. The molecule has 1 aliphatic heterocycles. The summed E-state index contributed by atoms with van der Waals surface area (Å²) in [6, 6.07) is 16.5. The molecule has 1 N–H and O–H groups in total. The molecule has 5 heteroatoms. The number of nitrogens with zero attached hydrogens (tertiary/aromatic N) is 3. The molecule has 140 valence electrons. The van der Waals surface area contributed by atoms with Gasteiger partial charge in [0.05, 0.1) is 11.7 Å². The lowest BCUT2D eigenvalue weighted by atomic mass is 9.70. The van der Waals surface area contributed by atoms with E-state index in [1.165, 1.54) is 5.56 Å². The fourth-order valence-electron chi connectivity index (χ4n) is 4.12. The third-order valence-electron chi connectivity index (χ3n) is 5.91. The normalized spacial score (nSPS) is 17.8. The van der Waals surface area contributed by atoms with Crippen LogP contribution < -0.4 is 5.32 Å². The van der Waals surface area contributed by atoms with Crippen LogP contribution in [0.25, 0.3) is 5.65 Å². The van der Waals surface area contributed by atoms with Crippen LogP contribution in [0, 0.1) is 0 Å². The number of amides is 1. The van der Waals surface area contributed by atoms with E-state index < -0.39 is 0 Å². The van der Waals surface area contributed by atoms with E-state index in [1.807, 2.05) is 49.3 Å². The Balaban J connectivity index is 1.70. The van der Waals surface area contributed by atoms with Gasteiger partial charge in [-0.05, 0) is 44.5 Å². The molecule has 1 atom stereocenters. The number of carbonyl (C=O) groups is 1. The molecule has 4 rings (SSSR count). The molecule has 27 heavy (non-hydrogen) atoms. The number of hydrogen-bond acceptors (Lipinski definition) is 3. The number of hydrogen-bond donors (Lipinski definition) is 1. The summed E-state index contributed by atoms with van der Waals surface area (Å²) in [7, 11) is 1.83. The number of piperidine rings is 1. The van der Waals surface area contributed by atoms with E-state index in [-0.39, 0.29) is 17.4 Å². The van der Waals surface area contributed by atoms with Crippen LogP contribution in [0.3, 0.4) is 0 Å². The summed E-state index contributed by atoms with van der Waals surface area (Å²) in [5.74, 6) is 0.175. The predicted molar refractivity (Wildman–Crippen MR) is 107 cm³/mol. The van der Waals surface area contributed by atoms with Crippen LogP contribution in [-0.2, 0) is 10.2 Å². The molecule has 1 fully saturated rings. The van der Waals surface area contributed by atoms with Crippen LogP contribution in [0.2, 0.25) is 0 Å². The van der Waals surface area contributed by atoms with Gasteiger partial charge in [-0.25, -0.2) is 4.98 Å². The SMILES string of the molecule is CN[C@@H](C)C(=O)N1CCC(c2ccccc2)(c2cn3ccccc3n2)CC1. The van der Waals surface area contributed by atoms with E-state index in [1.54, 1.807) is 0 Å². The van der Waals surface area contributed by atoms with Gasteiger partial charge in [-0.15, -0.1) is 0 Å². The van der Waals surface area contributed by atoms with Crippen LogP contribution in [0.4, 0.5) is 0 Å². The number of nitrogens with one attached hydrogen (secondary N) is 1. The molecule has 0 spiro atoms. The summed E-state index contributed by atoms with van der Waals surface area (Å²) < 4.78 is 2.08. The zero-order valence-electron chi connectivity index (χ0n) is 15.9. The highest BCUT2D eigenvalue weighted by molar-refractivity contribution is 5.81. The Labute approximate surface area is 160 Å². The topological polar surface area (TPSA) is 49.6 Å². The number of fused-ring (bicyclic) bond motifs is 1. The number of aromatic nitrogens is 2. The molecule has 2 aromatic heterocycles. The first-order chi connectivity index (χ1) is 13.1. The van der Waals surface area contributed by atoms with Gasteiger partial charge in [0.15, 0.2) is 0 Å². The van der Waals surface area contributed by atoms with Crippen molar-refractivity contribution in [3.8, 4) is 0 Å². The van der Waals surface area contributed by atoms with Gasteiger partial charge in [0.2, 0.25) is 5.91 Å². The maximum absolute atomic E-state index is 12.6. The fourth-order valence-corrected chi connectivity index (χ4v) is 4.12. The smallest absolute Gasteiger partial charge is 0.239 e. The van der Waals surface area contributed by atoms with Gasteiger partial charge in [0.25, 0.3) is 0 Å². The Morgan fingerprint density at radius 2 is 1.81 bits per heavy atom. The van der Waals surface area contributed by atoms with Gasteiger partial charge in [0, 0.05) is 30.9 Å². The lowest BCUT2D eigenvalue weighted by Crippen LogP contribution is -2.50. The summed E-state index contributed by atoms with van der Waals surface area (Å²) in [6.45, 7) is 3.41. The van der Waals surface area contributed by atoms with Crippen molar-refractivity contribution in [2.24, 2.45) is 0 Å². The standard InChI is InChI=1S/C22H26N4O/c1-17(23-2)21(27)25-14-11-22(12-15-25,18-8-4-3-5-9-18)19-16-26-13-7-6-10-20(26)24-19/h3-10,13,16-17,23H,11-12,14-15H2,1-2H3/t17-/m0/s1. The Bertz CT molecular complexity index is 893. The van der Waals surface area contributed by atoms with Crippen molar-refractivity contribution < 1.29 is 4.79 Å². The van der Waals surface area contributed by atoms with Crippen LogP contribution in [0.15, 0.2) is 60.9 Å². The zero-order valence-corrected chi connectivity index (χ0v) is 15.9. The summed E-state index contributed by atoms with van der Waals surface area (Å²) in [5.41, 5.74) is 3.17. The van der Waals surface area contributed by atoms with Crippen molar-refractivity contribution in [2.75, 3.05) is 20.1 Å². The summed E-state index contributed by atoms with van der Waals surface area (Å²) >= 11 is 0. The number of likely N-dealkylation sites (N-methyl/N-ethyl adjacent to an activating group) is 1. The summed E-state index contributed by atoms with van der Waals surface area (Å²) in [6.07, 6.45) is 5.94. The second kappa shape index (κ2) is 7.16. The minimum Gasteiger partial charge on any atom is -0.341 e. The van der Waals surface area contributed by atoms with Gasteiger partial charge in [0.1, 0.15) is 5.65 Å². The molecule has 1 aliphatic rings. The monoisotopic (exact) mass is 362 g/mol. The predicted octanol–water partition coefficient (Wildman–Crippen LogP) is 2.85. The first-order valence-corrected chi connectivity index (χ1v) is 9.60. The molecule has 0 radical (unpaired) electrons. The lowest BCUT2D eigenvalue weighted by Gasteiger charge is -2.42. The van der Waals surface area contributed by atoms with E-state index in [4.69, 9.17) is 4.98 Å². The average molecular weight is 362 g/mol. The maximum Gasteiger partial charge on any atom is 0.239 e. The molecular weight excluding hydrogens is 336 g/mol. The highest BCUT2D eigenvalue weighted by Crippen LogP contribution is 2.41. The van der Waals surface area contributed by atoms with Gasteiger partial charge in [-0.1, -0.05) is 36.4 Å².